The molecule has 2 aromatic carbocycles. The number of aryl methyl sites for hydroxylation is 2. The number of esters is 1. The summed E-state index contributed by atoms with van der Waals surface area (Å²) in [5.41, 5.74) is 3.48. The Balaban J connectivity index is 1.87. The number of benzene rings is 2. The van der Waals surface area contributed by atoms with E-state index >= 15 is 0 Å². The van der Waals surface area contributed by atoms with Crippen molar-refractivity contribution < 1.29 is 23.1 Å². The number of nitrogens with one attached hydrogen (secondary N) is 1. The summed E-state index contributed by atoms with van der Waals surface area (Å²) in [6.07, 6.45) is -0.891. The van der Waals surface area contributed by atoms with Crippen molar-refractivity contribution in [2.24, 2.45) is 0 Å². The zero-order valence-electron chi connectivity index (χ0n) is 15.3. The van der Waals surface area contributed by atoms with Gasteiger partial charge in [-0.1, -0.05) is 30.0 Å². The first-order valence-corrected chi connectivity index (χ1v) is 9.24. The van der Waals surface area contributed by atoms with Crippen molar-refractivity contribution in [1.29, 1.82) is 0 Å². The zero-order valence-corrected chi connectivity index (χ0v) is 16.1. The summed E-state index contributed by atoms with van der Waals surface area (Å²) in [6.45, 7) is 5.43. The van der Waals surface area contributed by atoms with Crippen molar-refractivity contribution >= 4 is 29.3 Å². The standard InChI is InChI=1S/C20H21F2NO3S/c1-12-4-5-15(10-13(12)2)11-18(24)26-14(3)19(25)23-16-6-8-17(9-7-16)27-20(21)22/h4-10,14,20H,11H2,1-3H3,(H,23,25)/t14-/m1/s1. The molecule has 27 heavy (non-hydrogen) atoms. The average Bonchev–Trinajstić information content (AvgIpc) is 2.59. The minimum Gasteiger partial charge on any atom is -0.452 e. The summed E-state index contributed by atoms with van der Waals surface area (Å²) < 4.78 is 29.8. The van der Waals surface area contributed by atoms with Gasteiger partial charge < -0.3 is 10.1 Å². The van der Waals surface area contributed by atoms with Gasteiger partial charge in [-0.3, -0.25) is 9.59 Å². The number of alkyl halides is 2. The first-order valence-electron chi connectivity index (χ1n) is 8.36. The summed E-state index contributed by atoms with van der Waals surface area (Å²) in [7, 11) is 0. The molecule has 0 bridgehead atoms. The van der Waals surface area contributed by atoms with Crippen molar-refractivity contribution in [3.8, 4) is 0 Å². The van der Waals surface area contributed by atoms with Crippen molar-refractivity contribution in [2.75, 3.05) is 5.32 Å². The van der Waals surface area contributed by atoms with E-state index in [1.165, 1.54) is 31.2 Å². The molecule has 4 nitrogen and oxygen atoms in total. The van der Waals surface area contributed by atoms with E-state index in [4.69, 9.17) is 4.74 Å². The average molecular weight is 393 g/mol. The Morgan fingerprint density at radius 1 is 1.07 bits per heavy atom. The molecule has 1 amide bonds. The van der Waals surface area contributed by atoms with Crippen LogP contribution in [-0.4, -0.2) is 23.7 Å². The number of anilines is 1. The maximum Gasteiger partial charge on any atom is 0.311 e. The minimum atomic E-state index is -2.50. The van der Waals surface area contributed by atoms with Crippen LogP contribution in [0.25, 0.3) is 0 Å². The molecule has 0 heterocycles. The molecule has 1 N–H and O–H groups in total. The van der Waals surface area contributed by atoms with Crippen LogP contribution in [0.4, 0.5) is 14.5 Å². The number of halogens is 2. The SMILES string of the molecule is Cc1ccc(CC(=O)O[C@H](C)C(=O)Nc2ccc(SC(F)F)cc2)cc1C. The quantitative estimate of drug-likeness (QED) is 0.546. The molecule has 0 spiro atoms. The van der Waals surface area contributed by atoms with Gasteiger partial charge in [-0.05, 0) is 61.7 Å². The van der Waals surface area contributed by atoms with Crippen LogP contribution in [0.5, 0.6) is 0 Å². The van der Waals surface area contributed by atoms with Crippen molar-refractivity contribution in [3.05, 3.63) is 59.2 Å². The maximum absolute atomic E-state index is 12.3. The number of amides is 1. The Kier molecular flexibility index (Phi) is 7.36. The Hall–Kier alpha value is -2.41. The molecule has 0 aliphatic rings. The molecule has 0 unspecified atom stereocenters. The van der Waals surface area contributed by atoms with Crippen LogP contribution in [-0.2, 0) is 20.7 Å². The lowest BCUT2D eigenvalue weighted by Crippen LogP contribution is -2.30. The smallest absolute Gasteiger partial charge is 0.311 e. The Morgan fingerprint density at radius 2 is 1.74 bits per heavy atom. The van der Waals surface area contributed by atoms with E-state index in [0.717, 1.165) is 16.7 Å². The molecule has 0 radical (unpaired) electrons. The second kappa shape index (κ2) is 9.50. The third kappa shape index (κ3) is 6.67. The molecule has 0 saturated heterocycles. The molecule has 2 aromatic rings. The highest BCUT2D eigenvalue weighted by Gasteiger charge is 2.18. The molecule has 1 atom stereocenters. The molecule has 0 fully saturated rings. The van der Waals surface area contributed by atoms with E-state index < -0.39 is 23.7 Å². The lowest BCUT2D eigenvalue weighted by molar-refractivity contribution is -0.152. The van der Waals surface area contributed by atoms with Crippen LogP contribution in [0.15, 0.2) is 47.4 Å². The van der Waals surface area contributed by atoms with Gasteiger partial charge in [0.05, 0.1) is 6.42 Å². The highest BCUT2D eigenvalue weighted by atomic mass is 32.2. The Labute approximate surface area is 161 Å². The number of ether oxygens (including phenoxy) is 1. The van der Waals surface area contributed by atoms with Gasteiger partial charge in [0.1, 0.15) is 0 Å². The van der Waals surface area contributed by atoms with Gasteiger partial charge in [-0.25, -0.2) is 0 Å². The highest BCUT2D eigenvalue weighted by Crippen LogP contribution is 2.26. The van der Waals surface area contributed by atoms with Crippen LogP contribution in [0.1, 0.15) is 23.6 Å². The third-order valence-electron chi connectivity index (χ3n) is 3.94. The van der Waals surface area contributed by atoms with Gasteiger partial charge in [0.25, 0.3) is 11.7 Å². The first-order chi connectivity index (χ1) is 12.7. The molecule has 0 aliphatic heterocycles. The first kappa shape index (κ1) is 20.9. The fourth-order valence-corrected chi connectivity index (χ4v) is 2.84. The van der Waals surface area contributed by atoms with Crippen LogP contribution in [0.2, 0.25) is 0 Å². The monoisotopic (exact) mass is 393 g/mol. The predicted octanol–water partition coefficient (Wildman–Crippen LogP) is 4.73. The molecule has 0 aromatic heterocycles. The Morgan fingerprint density at radius 3 is 2.33 bits per heavy atom. The maximum atomic E-state index is 12.3. The number of rotatable bonds is 7. The predicted molar refractivity (Wildman–Crippen MR) is 102 cm³/mol. The largest absolute Gasteiger partial charge is 0.452 e. The molecular formula is C20H21F2NO3S. The minimum absolute atomic E-state index is 0.0816. The van der Waals surface area contributed by atoms with Crippen LogP contribution >= 0.6 is 11.8 Å². The van der Waals surface area contributed by atoms with E-state index in [1.807, 2.05) is 32.0 Å². The number of hydrogen-bond donors (Lipinski definition) is 1. The van der Waals surface area contributed by atoms with Gasteiger partial charge in [0, 0.05) is 10.6 Å². The topological polar surface area (TPSA) is 55.4 Å². The fraction of sp³-hybridized carbons (Fsp3) is 0.300. The summed E-state index contributed by atoms with van der Waals surface area (Å²) >= 11 is 0.428. The van der Waals surface area contributed by atoms with Crippen molar-refractivity contribution in [1.82, 2.24) is 0 Å². The van der Waals surface area contributed by atoms with Gasteiger partial charge in [-0.2, -0.15) is 8.78 Å². The number of hydrogen-bond acceptors (Lipinski definition) is 4. The van der Waals surface area contributed by atoms with Crippen molar-refractivity contribution in [3.63, 3.8) is 0 Å². The van der Waals surface area contributed by atoms with E-state index in [9.17, 15) is 18.4 Å². The zero-order chi connectivity index (χ0) is 20.0. The third-order valence-corrected chi connectivity index (χ3v) is 4.67. The number of carbonyl (C=O) groups excluding carboxylic acids is 2. The lowest BCUT2D eigenvalue weighted by atomic mass is 10.0. The second-order valence-corrected chi connectivity index (χ2v) is 7.18. The molecule has 0 saturated carbocycles. The second-order valence-electron chi connectivity index (χ2n) is 6.12. The molecular weight excluding hydrogens is 372 g/mol. The van der Waals surface area contributed by atoms with Gasteiger partial charge in [0.15, 0.2) is 6.10 Å². The van der Waals surface area contributed by atoms with Gasteiger partial charge in [0.2, 0.25) is 0 Å². The fourth-order valence-electron chi connectivity index (χ4n) is 2.34. The summed E-state index contributed by atoms with van der Waals surface area (Å²) in [4.78, 5) is 24.6. The summed E-state index contributed by atoms with van der Waals surface area (Å²) in [5, 5.41) is 2.60. The Bertz CT molecular complexity index is 809. The van der Waals surface area contributed by atoms with E-state index in [-0.39, 0.29) is 6.42 Å². The van der Waals surface area contributed by atoms with Gasteiger partial charge >= 0.3 is 5.97 Å². The van der Waals surface area contributed by atoms with Crippen molar-refractivity contribution in [2.45, 2.75) is 43.9 Å². The van der Waals surface area contributed by atoms with Gasteiger partial charge in [-0.15, -0.1) is 0 Å². The van der Waals surface area contributed by atoms with E-state index in [1.54, 1.807) is 0 Å². The van der Waals surface area contributed by atoms with E-state index in [2.05, 4.69) is 5.32 Å². The van der Waals surface area contributed by atoms with E-state index in [0.29, 0.717) is 22.3 Å². The molecule has 7 heteroatoms. The number of thioether (sulfide) groups is 1. The normalized spacial score (nSPS) is 11.9. The summed E-state index contributed by atoms with van der Waals surface area (Å²) in [5.74, 6) is -3.48. The number of carbonyl (C=O) groups is 2. The highest BCUT2D eigenvalue weighted by molar-refractivity contribution is 7.99. The molecule has 0 aliphatic carbocycles. The molecule has 144 valence electrons. The molecule has 2 rings (SSSR count). The van der Waals surface area contributed by atoms with Crippen LogP contribution in [0.3, 0.4) is 0 Å². The van der Waals surface area contributed by atoms with Crippen LogP contribution in [0, 0.1) is 13.8 Å². The van der Waals surface area contributed by atoms with Crippen LogP contribution < -0.4 is 5.32 Å². The summed E-state index contributed by atoms with van der Waals surface area (Å²) in [6, 6.07) is 11.7. The lowest BCUT2D eigenvalue weighted by Gasteiger charge is -2.14.